The number of hydrogen-bond acceptors (Lipinski definition) is 6. The normalized spacial score (nSPS) is 11.4. The van der Waals surface area contributed by atoms with E-state index in [1.807, 2.05) is 0 Å². The van der Waals surface area contributed by atoms with Crippen molar-refractivity contribution in [3.63, 3.8) is 0 Å². The van der Waals surface area contributed by atoms with Gasteiger partial charge in [-0.1, -0.05) is 0 Å². The van der Waals surface area contributed by atoms with E-state index in [-0.39, 0.29) is 17.9 Å². The van der Waals surface area contributed by atoms with E-state index in [9.17, 15) is 13.2 Å². The number of carbonyl (C=O) groups is 1. The highest BCUT2D eigenvalue weighted by Crippen LogP contribution is 2.22. The molecule has 6 nitrogen and oxygen atoms in total. The summed E-state index contributed by atoms with van der Waals surface area (Å²) in [7, 11) is -1.78. The van der Waals surface area contributed by atoms with Gasteiger partial charge in [-0.15, -0.1) is 0 Å². The summed E-state index contributed by atoms with van der Waals surface area (Å²) in [6.45, 7) is 3.00. The molecule has 1 aromatic carbocycles. The van der Waals surface area contributed by atoms with Crippen molar-refractivity contribution in [1.29, 1.82) is 0 Å². The molecule has 2 N–H and O–H groups in total. The van der Waals surface area contributed by atoms with Gasteiger partial charge >= 0.3 is 5.97 Å². The van der Waals surface area contributed by atoms with Crippen LogP contribution in [-0.2, 0) is 14.6 Å². The zero-order chi connectivity index (χ0) is 15.3. The first kappa shape index (κ1) is 16.3. The molecule has 0 aliphatic rings. The van der Waals surface area contributed by atoms with Crippen molar-refractivity contribution in [2.45, 2.75) is 19.1 Å². The van der Waals surface area contributed by atoms with Crippen molar-refractivity contribution in [3.8, 4) is 5.75 Å². The molecule has 20 heavy (non-hydrogen) atoms. The third-order valence-corrected chi connectivity index (χ3v) is 4.96. The van der Waals surface area contributed by atoms with Crippen LogP contribution in [0.5, 0.6) is 5.75 Å². The van der Waals surface area contributed by atoms with Crippen LogP contribution in [0.25, 0.3) is 0 Å². The number of sulfone groups is 1. The van der Waals surface area contributed by atoms with E-state index < -0.39 is 21.1 Å². The van der Waals surface area contributed by atoms with Gasteiger partial charge in [0.2, 0.25) is 0 Å². The summed E-state index contributed by atoms with van der Waals surface area (Å²) in [6, 6.07) is 4.48. The molecule has 0 saturated heterocycles. The van der Waals surface area contributed by atoms with E-state index >= 15 is 0 Å². The van der Waals surface area contributed by atoms with Gasteiger partial charge in [-0.05, 0) is 32.0 Å². The van der Waals surface area contributed by atoms with Crippen LogP contribution in [0.1, 0.15) is 24.2 Å². The average Bonchev–Trinajstić information content (AvgIpc) is 2.38. The van der Waals surface area contributed by atoms with Gasteiger partial charge in [0, 0.05) is 0 Å². The minimum absolute atomic E-state index is 0.175. The number of rotatable bonds is 6. The molecule has 0 fully saturated rings. The summed E-state index contributed by atoms with van der Waals surface area (Å²) >= 11 is 0. The van der Waals surface area contributed by atoms with Crippen LogP contribution >= 0.6 is 0 Å². The van der Waals surface area contributed by atoms with Crippen molar-refractivity contribution in [3.05, 3.63) is 23.8 Å². The van der Waals surface area contributed by atoms with Gasteiger partial charge in [0.25, 0.3) is 0 Å². The van der Waals surface area contributed by atoms with Crippen LogP contribution in [0.2, 0.25) is 0 Å². The predicted molar refractivity (Wildman–Crippen MR) is 76.6 cm³/mol. The van der Waals surface area contributed by atoms with Gasteiger partial charge in [-0.25, -0.2) is 13.2 Å². The standard InChI is InChI=1S/C13H19NO5S/c1-9(2)20(16,17)7-6-19-13(15)10-4-5-11(14)12(8-10)18-3/h4-5,8-9H,6-7,14H2,1-3H3. The molecule has 0 atom stereocenters. The molecule has 0 bridgehead atoms. The van der Waals surface area contributed by atoms with E-state index in [1.54, 1.807) is 13.8 Å². The van der Waals surface area contributed by atoms with Crippen molar-refractivity contribution in [1.82, 2.24) is 0 Å². The Morgan fingerprint density at radius 2 is 2.00 bits per heavy atom. The summed E-state index contributed by atoms with van der Waals surface area (Å²) < 4.78 is 33.1. The summed E-state index contributed by atoms with van der Waals surface area (Å²) in [5.41, 5.74) is 6.30. The molecular weight excluding hydrogens is 282 g/mol. The Balaban J connectivity index is 2.64. The fourth-order valence-electron chi connectivity index (χ4n) is 1.41. The van der Waals surface area contributed by atoms with Crippen LogP contribution in [0.4, 0.5) is 5.69 Å². The number of hydrogen-bond donors (Lipinski definition) is 1. The van der Waals surface area contributed by atoms with Crippen molar-refractivity contribution >= 4 is 21.5 Å². The smallest absolute Gasteiger partial charge is 0.338 e. The average molecular weight is 301 g/mol. The van der Waals surface area contributed by atoms with E-state index in [0.717, 1.165) is 0 Å². The second-order valence-electron chi connectivity index (χ2n) is 4.51. The Bertz CT molecular complexity index is 580. The Morgan fingerprint density at radius 3 is 2.55 bits per heavy atom. The number of anilines is 1. The molecule has 0 radical (unpaired) electrons. The highest BCUT2D eigenvalue weighted by molar-refractivity contribution is 7.91. The predicted octanol–water partition coefficient (Wildman–Crippen LogP) is 1.26. The summed E-state index contributed by atoms with van der Waals surface area (Å²) in [6.07, 6.45) is 0. The molecular formula is C13H19NO5S. The number of ether oxygens (including phenoxy) is 2. The molecule has 7 heteroatoms. The summed E-state index contributed by atoms with van der Waals surface area (Å²) in [5.74, 6) is -0.431. The lowest BCUT2D eigenvalue weighted by Crippen LogP contribution is -2.22. The summed E-state index contributed by atoms with van der Waals surface area (Å²) in [5, 5.41) is -0.488. The third kappa shape index (κ3) is 4.12. The topological polar surface area (TPSA) is 95.7 Å². The van der Waals surface area contributed by atoms with E-state index in [0.29, 0.717) is 11.4 Å². The maximum atomic E-state index is 11.8. The maximum Gasteiger partial charge on any atom is 0.338 e. The van der Waals surface area contributed by atoms with Crippen molar-refractivity contribution in [2.24, 2.45) is 0 Å². The molecule has 112 valence electrons. The summed E-state index contributed by atoms with van der Waals surface area (Å²) in [4.78, 5) is 11.8. The molecule has 0 amide bonds. The molecule has 0 unspecified atom stereocenters. The molecule has 0 aromatic heterocycles. The van der Waals surface area contributed by atoms with Crippen molar-refractivity contribution in [2.75, 3.05) is 25.2 Å². The van der Waals surface area contributed by atoms with Crippen LogP contribution in [0.15, 0.2) is 18.2 Å². The fraction of sp³-hybridized carbons (Fsp3) is 0.462. The molecule has 0 saturated carbocycles. The van der Waals surface area contributed by atoms with E-state index in [4.69, 9.17) is 15.2 Å². The Labute approximate surface area is 118 Å². The molecule has 0 spiro atoms. The number of methoxy groups -OCH3 is 1. The minimum Gasteiger partial charge on any atom is -0.495 e. The van der Waals surface area contributed by atoms with Crippen molar-refractivity contribution < 1.29 is 22.7 Å². The highest BCUT2D eigenvalue weighted by Gasteiger charge is 2.17. The lowest BCUT2D eigenvalue weighted by atomic mass is 10.2. The molecule has 1 rings (SSSR count). The van der Waals surface area contributed by atoms with Gasteiger partial charge in [0.1, 0.15) is 12.4 Å². The number of benzene rings is 1. The number of carbonyl (C=O) groups excluding carboxylic acids is 1. The largest absolute Gasteiger partial charge is 0.495 e. The lowest BCUT2D eigenvalue weighted by Gasteiger charge is -2.09. The van der Waals surface area contributed by atoms with Crippen LogP contribution in [-0.4, -0.2) is 39.1 Å². The second-order valence-corrected chi connectivity index (χ2v) is 7.19. The third-order valence-electron chi connectivity index (χ3n) is 2.79. The van der Waals surface area contributed by atoms with Gasteiger partial charge in [0.05, 0.1) is 29.4 Å². The van der Waals surface area contributed by atoms with Crippen LogP contribution in [0.3, 0.4) is 0 Å². The quantitative estimate of drug-likeness (QED) is 0.627. The SMILES string of the molecule is COc1cc(C(=O)OCCS(=O)(=O)C(C)C)ccc1N. The molecule has 0 aliphatic heterocycles. The van der Waals surface area contributed by atoms with E-state index in [1.165, 1.54) is 25.3 Å². The van der Waals surface area contributed by atoms with Gasteiger partial charge < -0.3 is 15.2 Å². The Morgan fingerprint density at radius 1 is 1.35 bits per heavy atom. The Kier molecular flexibility index (Phi) is 5.38. The zero-order valence-corrected chi connectivity index (χ0v) is 12.6. The number of nitrogens with two attached hydrogens (primary N) is 1. The highest BCUT2D eigenvalue weighted by atomic mass is 32.2. The fourth-order valence-corrected chi connectivity index (χ4v) is 2.19. The number of esters is 1. The molecule has 0 aliphatic carbocycles. The monoisotopic (exact) mass is 301 g/mol. The van der Waals surface area contributed by atoms with Gasteiger partial charge in [-0.2, -0.15) is 0 Å². The van der Waals surface area contributed by atoms with Gasteiger partial charge in [0.15, 0.2) is 9.84 Å². The van der Waals surface area contributed by atoms with Crippen LogP contribution < -0.4 is 10.5 Å². The first-order chi connectivity index (χ1) is 9.27. The molecule has 0 heterocycles. The van der Waals surface area contributed by atoms with Crippen LogP contribution in [0, 0.1) is 0 Å². The number of nitrogen functional groups attached to an aromatic ring is 1. The lowest BCUT2D eigenvalue weighted by molar-refractivity contribution is 0.0528. The first-order valence-electron chi connectivity index (χ1n) is 6.10. The molecule has 1 aromatic rings. The van der Waals surface area contributed by atoms with E-state index in [2.05, 4.69) is 0 Å². The first-order valence-corrected chi connectivity index (χ1v) is 7.81. The second kappa shape index (κ2) is 6.60. The van der Waals surface area contributed by atoms with Gasteiger partial charge in [-0.3, -0.25) is 0 Å². The Hall–Kier alpha value is -1.76. The maximum absolute atomic E-state index is 11.8. The zero-order valence-electron chi connectivity index (χ0n) is 11.8. The minimum atomic E-state index is -3.22.